The van der Waals surface area contributed by atoms with Crippen LogP contribution in [0.5, 0.6) is 0 Å². The van der Waals surface area contributed by atoms with Crippen molar-refractivity contribution in [2.75, 3.05) is 18.1 Å². The van der Waals surface area contributed by atoms with Crippen LogP contribution in [0.4, 0.5) is 10.2 Å². The summed E-state index contributed by atoms with van der Waals surface area (Å²) in [4.78, 5) is 17.2. The Hall–Kier alpha value is -1.14. The van der Waals surface area contributed by atoms with Gasteiger partial charge in [-0.2, -0.15) is 9.37 Å². The Kier molecular flexibility index (Phi) is 1.94. The summed E-state index contributed by atoms with van der Waals surface area (Å²) < 4.78 is 21.2. The second-order valence-corrected chi connectivity index (χ2v) is 5.55. The Morgan fingerprint density at radius 2 is 2.39 bits per heavy atom. The van der Waals surface area contributed by atoms with Gasteiger partial charge in [0.2, 0.25) is 5.82 Å². The van der Waals surface area contributed by atoms with E-state index in [1.54, 1.807) is 0 Å². The minimum atomic E-state index is -0.595. The molecule has 5 nitrogen and oxygen atoms in total. The first-order chi connectivity index (χ1) is 8.61. The zero-order valence-electron chi connectivity index (χ0n) is 9.53. The molecule has 4 rings (SSSR count). The molecule has 3 aliphatic heterocycles. The normalized spacial score (nSPS) is 32.6. The topological polar surface area (TPSA) is 47.4 Å². The maximum atomic E-state index is 14.2. The number of morpholine rings is 1. The Balaban J connectivity index is 1.96. The van der Waals surface area contributed by atoms with Gasteiger partial charge in [0.15, 0.2) is 11.0 Å². The standard InChI is InChI=1S/C11H11ClFN3O2/c12-8-7(13)9-15(10(17)14-8)2-1-11-3-6(18-5-11)4-16(9)11/h6H,1-5H2/t6-,11-/m0/s1. The van der Waals surface area contributed by atoms with Gasteiger partial charge in [0, 0.05) is 19.5 Å². The summed E-state index contributed by atoms with van der Waals surface area (Å²) in [5.41, 5.74) is -0.627. The van der Waals surface area contributed by atoms with Crippen molar-refractivity contribution < 1.29 is 9.13 Å². The zero-order valence-corrected chi connectivity index (χ0v) is 10.3. The molecule has 18 heavy (non-hydrogen) atoms. The fourth-order valence-corrected chi connectivity index (χ4v) is 3.57. The lowest BCUT2D eigenvalue weighted by molar-refractivity contribution is 0.0771. The maximum absolute atomic E-state index is 14.2. The van der Waals surface area contributed by atoms with Crippen LogP contribution in [0.2, 0.25) is 5.15 Å². The molecule has 3 aliphatic rings. The molecule has 0 N–H and O–H groups in total. The monoisotopic (exact) mass is 271 g/mol. The molecule has 1 aromatic rings. The van der Waals surface area contributed by atoms with E-state index < -0.39 is 11.5 Å². The Morgan fingerprint density at radius 3 is 3.17 bits per heavy atom. The highest BCUT2D eigenvalue weighted by Crippen LogP contribution is 2.46. The lowest BCUT2D eigenvalue weighted by Gasteiger charge is -2.44. The number of rotatable bonds is 0. The molecule has 0 radical (unpaired) electrons. The van der Waals surface area contributed by atoms with Gasteiger partial charge < -0.3 is 9.64 Å². The largest absolute Gasteiger partial charge is 0.374 e. The van der Waals surface area contributed by atoms with Gasteiger partial charge in [-0.25, -0.2) is 4.79 Å². The van der Waals surface area contributed by atoms with Crippen molar-refractivity contribution in [3.05, 3.63) is 21.5 Å². The third kappa shape index (κ3) is 1.15. The van der Waals surface area contributed by atoms with Crippen LogP contribution in [0, 0.1) is 5.82 Å². The van der Waals surface area contributed by atoms with E-state index in [1.165, 1.54) is 4.57 Å². The molecule has 2 fully saturated rings. The minimum Gasteiger partial charge on any atom is -0.374 e. The molecule has 2 saturated heterocycles. The summed E-state index contributed by atoms with van der Waals surface area (Å²) in [6.07, 6.45) is 1.83. The molecule has 0 unspecified atom stereocenters. The number of hydrogen-bond acceptors (Lipinski definition) is 4. The van der Waals surface area contributed by atoms with Crippen molar-refractivity contribution in [1.82, 2.24) is 9.55 Å². The molecule has 2 bridgehead atoms. The molecular formula is C11H11ClFN3O2. The lowest BCUT2D eigenvalue weighted by atomic mass is 9.92. The van der Waals surface area contributed by atoms with Crippen LogP contribution in [-0.2, 0) is 11.3 Å². The van der Waals surface area contributed by atoms with Gasteiger partial charge in [-0.15, -0.1) is 0 Å². The molecule has 0 amide bonds. The average Bonchev–Trinajstić information content (AvgIpc) is 2.91. The van der Waals surface area contributed by atoms with Gasteiger partial charge >= 0.3 is 5.69 Å². The van der Waals surface area contributed by atoms with Gasteiger partial charge in [-0.1, -0.05) is 11.6 Å². The molecule has 7 heteroatoms. The second-order valence-electron chi connectivity index (χ2n) is 5.20. The third-order valence-corrected chi connectivity index (χ3v) is 4.52. The van der Waals surface area contributed by atoms with E-state index in [-0.39, 0.29) is 22.6 Å². The van der Waals surface area contributed by atoms with Crippen molar-refractivity contribution >= 4 is 17.4 Å². The van der Waals surface area contributed by atoms with E-state index in [0.717, 1.165) is 12.8 Å². The zero-order chi connectivity index (χ0) is 12.5. The molecule has 2 atom stereocenters. The van der Waals surface area contributed by atoms with Crippen LogP contribution >= 0.6 is 11.6 Å². The second kappa shape index (κ2) is 3.24. The quantitative estimate of drug-likeness (QED) is 0.655. The molecule has 0 aliphatic carbocycles. The average molecular weight is 272 g/mol. The number of aromatic nitrogens is 2. The Bertz CT molecular complexity index is 605. The number of anilines is 1. The fourth-order valence-electron chi connectivity index (χ4n) is 3.42. The number of fused-ring (bicyclic) bond motifs is 3. The summed E-state index contributed by atoms with van der Waals surface area (Å²) in [5, 5.41) is -0.341. The minimum absolute atomic E-state index is 0.137. The van der Waals surface area contributed by atoms with Gasteiger partial charge in [-0.05, 0) is 6.42 Å². The van der Waals surface area contributed by atoms with Gasteiger partial charge in [-0.3, -0.25) is 4.57 Å². The van der Waals surface area contributed by atoms with E-state index in [1.807, 2.05) is 4.90 Å². The SMILES string of the molecule is O=c1nc(Cl)c(F)c2n1CC[C@]13CO[C@H](CN21)C3. The van der Waals surface area contributed by atoms with Crippen molar-refractivity contribution in [2.45, 2.75) is 31.0 Å². The molecule has 0 aromatic carbocycles. The number of ether oxygens (including phenoxy) is 1. The van der Waals surface area contributed by atoms with E-state index in [0.29, 0.717) is 19.7 Å². The van der Waals surface area contributed by atoms with Crippen molar-refractivity contribution in [2.24, 2.45) is 0 Å². The van der Waals surface area contributed by atoms with Crippen LogP contribution in [0.1, 0.15) is 12.8 Å². The number of halogens is 2. The van der Waals surface area contributed by atoms with Gasteiger partial charge in [0.25, 0.3) is 0 Å². The molecule has 0 saturated carbocycles. The lowest BCUT2D eigenvalue weighted by Crippen LogP contribution is -2.55. The fraction of sp³-hybridized carbons (Fsp3) is 0.636. The van der Waals surface area contributed by atoms with Gasteiger partial charge in [0.05, 0.1) is 18.2 Å². The molecule has 1 aromatic heterocycles. The van der Waals surface area contributed by atoms with Crippen molar-refractivity contribution in [3.8, 4) is 0 Å². The summed E-state index contributed by atoms with van der Waals surface area (Å²) in [7, 11) is 0. The van der Waals surface area contributed by atoms with E-state index in [4.69, 9.17) is 16.3 Å². The van der Waals surface area contributed by atoms with Gasteiger partial charge in [0.1, 0.15) is 0 Å². The molecule has 4 heterocycles. The highest BCUT2D eigenvalue weighted by atomic mass is 35.5. The van der Waals surface area contributed by atoms with Crippen LogP contribution in [0.3, 0.4) is 0 Å². The maximum Gasteiger partial charge on any atom is 0.350 e. The highest BCUT2D eigenvalue weighted by Gasteiger charge is 2.55. The van der Waals surface area contributed by atoms with E-state index >= 15 is 0 Å². The third-order valence-electron chi connectivity index (χ3n) is 4.27. The van der Waals surface area contributed by atoms with Crippen LogP contribution < -0.4 is 10.6 Å². The molecule has 96 valence electrons. The predicted octanol–water partition coefficient (Wildman–Crippen LogP) is 0.787. The van der Waals surface area contributed by atoms with E-state index in [9.17, 15) is 9.18 Å². The first kappa shape index (κ1) is 10.8. The Labute approximate surface area is 107 Å². The molecule has 1 spiro atoms. The van der Waals surface area contributed by atoms with Crippen molar-refractivity contribution in [1.29, 1.82) is 0 Å². The summed E-state index contributed by atoms with van der Waals surface area (Å²) in [6, 6.07) is 0. The Morgan fingerprint density at radius 1 is 1.56 bits per heavy atom. The van der Waals surface area contributed by atoms with E-state index in [2.05, 4.69) is 4.98 Å². The summed E-state index contributed by atoms with van der Waals surface area (Å²) >= 11 is 5.68. The van der Waals surface area contributed by atoms with Crippen LogP contribution in [0.15, 0.2) is 4.79 Å². The van der Waals surface area contributed by atoms with Crippen molar-refractivity contribution in [3.63, 3.8) is 0 Å². The predicted molar refractivity (Wildman–Crippen MR) is 62.5 cm³/mol. The van der Waals surface area contributed by atoms with Crippen LogP contribution in [0.25, 0.3) is 0 Å². The molecular weight excluding hydrogens is 261 g/mol. The first-order valence-corrected chi connectivity index (χ1v) is 6.34. The highest BCUT2D eigenvalue weighted by molar-refractivity contribution is 6.29. The number of hydrogen-bond donors (Lipinski definition) is 0. The smallest absolute Gasteiger partial charge is 0.350 e. The summed E-state index contributed by atoms with van der Waals surface area (Å²) in [6.45, 7) is 1.70. The first-order valence-electron chi connectivity index (χ1n) is 5.96. The summed E-state index contributed by atoms with van der Waals surface area (Å²) in [5.74, 6) is -0.306. The van der Waals surface area contributed by atoms with Crippen LogP contribution in [-0.4, -0.2) is 34.3 Å². The number of nitrogens with zero attached hydrogens (tertiary/aromatic N) is 3.